The Balaban J connectivity index is 0.00000181. The average molecular weight is 505 g/mol. The molecule has 3 atom stereocenters. The van der Waals surface area contributed by atoms with Gasteiger partial charge in [0, 0.05) is 36.4 Å². The van der Waals surface area contributed by atoms with Crippen LogP contribution in [-0.4, -0.2) is 64.1 Å². The van der Waals surface area contributed by atoms with Crippen molar-refractivity contribution in [1.82, 2.24) is 9.80 Å². The van der Waals surface area contributed by atoms with Gasteiger partial charge in [-0.25, -0.2) is 4.39 Å². The van der Waals surface area contributed by atoms with Crippen molar-refractivity contribution in [3.05, 3.63) is 47.3 Å². The summed E-state index contributed by atoms with van der Waals surface area (Å²) in [5.74, 6) is -0.955. The summed E-state index contributed by atoms with van der Waals surface area (Å²) in [6.07, 6.45) is 6.20. The van der Waals surface area contributed by atoms with Crippen molar-refractivity contribution >= 4 is 49.2 Å². The number of thiol groups is 1. The van der Waals surface area contributed by atoms with Crippen LogP contribution in [0.1, 0.15) is 43.7 Å². The van der Waals surface area contributed by atoms with E-state index in [9.17, 15) is 19.1 Å². The van der Waals surface area contributed by atoms with Crippen molar-refractivity contribution in [2.75, 3.05) is 26.2 Å². The van der Waals surface area contributed by atoms with E-state index >= 15 is 0 Å². The van der Waals surface area contributed by atoms with Crippen LogP contribution >= 0.6 is 37.4 Å². The Labute approximate surface area is 206 Å². The molecule has 4 rings (SSSR count). The number of carboxylic acid groups (broad SMARTS) is 1. The van der Waals surface area contributed by atoms with Gasteiger partial charge in [0.15, 0.2) is 5.78 Å². The number of ketones is 1. The average Bonchev–Trinajstić information content (AvgIpc) is 3.47. The fourth-order valence-electron chi connectivity index (χ4n) is 4.69. The predicted molar refractivity (Wildman–Crippen MR) is 131 cm³/mol. The molecule has 1 aromatic carbocycles. The number of likely N-dealkylation sites (tertiary alicyclic amines) is 2. The van der Waals surface area contributed by atoms with Gasteiger partial charge in [0.25, 0.3) is 0 Å². The number of aliphatic carboxylic acids is 1. The molecule has 1 aliphatic carbocycles. The van der Waals surface area contributed by atoms with E-state index in [2.05, 4.69) is 11.0 Å². The first-order valence-corrected chi connectivity index (χ1v) is 11.3. The number of rotatable bonds is 7. The molecule has 2 heterocycles. The van der Waals surface area contributed by atoms with Gasteiger partial charge in [-0.15, -0.1) is 24.8 Å². The minimum atomic E-state index is -0.770. The number of hydrogen-bond donors (Lipinski definition) is 2. The molecule has 0 bridgehead atoms. The number of benzene rings is 1. The van der Waals surface area contributed by atoms with Crippen LogP contribution in [0.25, 0.3) is 0 Å². The zero-order chi connectivity index (χ0) is 21.3. The maximum Gasteiger partial charge on any atom is 0.320 e. The number of carbonyl (C=O) groups excluding carboxylic acids is 1. The van der Waals surface area contributed by atoms with Crippen LogP contribution in [0.3, 0.4) is 0 Å². The van der Waals surface area contributed by atoms with E-state index in [1.807, 2.05) is 4.90 Å². The SMILES string of the molecule is Cl.Cl.O=C(C1CC1)C(c1ccccc1F)N1CCC(S)C(=CCN2CCC[C@H]2C(=O)O)C1. The Morgan fingerprint density at radius 2 is 1.88 bits per heavy atom. The molecule has 178 valence electrons. The quantitative estimate of drug-likeness (QED) is 0.431. The summed E-state index contributed by atoms with van der Waals surface area (Å²) in [5.41, 5.74) is 1.54. The highest BCUT2D eigenvalue weighted by Crippen LogP contribution is 2.39. The third-order valence-electron chi connectivity index (χ3n) is 6.55. The summed E-state index contributed by atoms with van der Waals surface area (Å²) in [7, 11) is 0. The van der Waals surface area contributed by atoms with Gasteiger partial charge in [-0.2, -0.15) is 12.6 Å². The molecule has 1 saturated carbocycles. The van der Waals surface area contributed by atoms with Crippen LogP contribution in [0.5, 0.6) is 0 Å². The molecule has 0 amide bonds. The zero-order valence-electron chi connectivity index (χ0n) is 17.9. The molecule has 1 N–H and O–H groups in total. The Bertz CT molecular complexity index is 852. The third-order valence-corrected chi connectivity index (χ3v) is 7.14. The predicted octanol–water partition coefficient (Wildman–Crippen LogP) is 4.17. The molecular weight excluding hydrogens is 474 g/mol. The van der Waals surface area contributed by atoms with Crippen molar-refractivity contribution in [3.8, 4) is 0 Å². The number of carbonyl (C=O) groups is 2. The molecule has 3 aliphatic rings. The number of carboxylic acids is 1. The maximum atomic E-state index is 14.6. The van der Waals surface area contributed by atoms with E-state index < -0.39 is 18.1 Å². The Kier molecular flexibility index (Phi) is 10.0. The summed E-state index contributed by atoms with van der Waals surface area (Å²) in [5, 5.41) is 9.47. The normalized spacial score (nSPS) is 26.2. The Morgan fingerprint density at radius 3 is 2.53 bits per heavy atom. The lowest BCUT2D eigenvalue weighted by molar-refractivity contribution is -0.142. The van der Waals surface area contributed by atoms with Gasteiger partial charge in [-0.05, 0) is 50.3 Å². The highest BCUT2D eigenvalue weighted by molar-refractivity contribution is 7.81. The topological polar surface area (TPSA) is 60.9 Å². The molecule has 3 fully saturated rings. The standard InChI is InChI=1S/C23H29FN2O3S.2ClH/c24-18-5-2-1-4-17(18)21(22(27)15-7-8-15)26-13-10-20(30)16(14-26)9-12-25-11-3-6-19(25)23(28)29;;/h1-2,4-5,9,15,19-21,30H,3,6-8,10-14H2,(H,28,29);2*1H/t19-,20?,21?;;/m0../s1. The first kappa shape index (κ1) is 27.1. The van der Waals surface area contributed by atoms with E-state index in [0.717, 1.165) is 37.8 Å². The summed E-state index contributed by atoms with van der Waals surface area (Å²) in [6, 6.07) is 5.58. The first-order chi connectivity index (χ1) is 14.5. The molecule has 1 aromatic rings. The number of Topliss-reactive ketones (excluding diaryl/α,β-unsaturated/α-hetero) is 1. The molecule has 0 aromatic heterocycles. The molecular formula is C23H31Cl2FN2O3S. The summed E-state index contributed by atoms with van der Waals surface area (Å²) in [6.45, 7) is 2.58. The Morgan fingerprint density at radius 1 is 1.16 bits per heavy atom. The van der Waals surface area contributed by atoms with Gasteiger partial charge in [0.05, 0.1) is 6.04 Å². The lowest BCUT2D eigenvalue weighted by Crippen LogP contribution is -2.43. The number of halogens is 3. The van der Waals surface area contributed by atoms with Crippen LogP contribution in [0.2, 0.25) is 0 Å². The molecule has 0 spiro atoms. The van der Waals surface area contributed by atoms with Crippen LogP contribution in [-0.2, 0) is 9.59 Å². The fourth-order valence-corrected chi connectivity index (χ4v) is 4.99. The summed E-state index contributed by atoms with van der Waals surface area (Å²) in [4.78, 5) is 28.6. The third kappa shape index (κ3) is 6.06. The minimum Gasteiger partial charge on any atom is -0.480 e. The highest BCUT2D eigenvalue weighted by atomic mass is 35.5. The summed E-state index contributed by atoms with van der Waals surface area (Å²) >= 11 is 4.73. The Hall–Kier alpha value is -1.12. The number of hydrogen-bond acceptors (Lipinski definition) is 5. The van der Waals surface area contributed by atoms with Gasteiger partial charge < -0.3 is 5.11 Å². The minimum absolute atomic E-state index is 0. The van der Waals surface area contributed by atoms with Crippen molar-refractivity contribution in [1.29, 1.82) is 0 Å². The number of piperidine rings is 1. The summed E-state index contributed by atoms with van der Waals surface area (Å²) < 4.78 is 14.6. The monoisotopic (exact) mass is 504 g/mol. The zero-order valence-corrected chi connectivity index (χ0v) is 20.4. The van der Waals surface area contributed by atoms with Gasteiger partial charge in [-0.1, -0.05) is 24.3 Å². The lowest BCUT2D eigenvalue weighted by Gasteiger charge is -2.38. The van der Waals surface area contributed by atoms with E-state index in [1.54, 1.807) is 18.2 Å². The smallest absolute Gasteiger partial charge is 0.320 e. The molecule has 9 heteroatoms. The highest BCUT2D eigenvalue weighted by Gasteiger charge is 2.41. The van der Waals surface area contributed by atoms with Gasteiger partial charge in [0.1, 0.15) is 11.9 Å². The van der Waals surface area contributed by atoms with E-state index in [1.165, 1.54) is 6.07 Å². The maximum absolute atomic E-state index is 14.6. The number of nitrogens with zero attached hydrogens (tertiary/aromatic N) is 2. The first-order valence-electron chi connectivity index (χ1n) is 10.8. The second-order valence-corrected chi connectivity index (χ2v) is 9.27. The van der Waals surface area contributed by atoms with E-state index in [-0.39, 0.29) is 47.6 Å². The van der Waals surface area contributed by atoms with Gasteiger partial charge in [-0.3, -0.25) is 19.4 Å². The molecule has 5 nitrogen and oxygen atoms in total. The van der Waals surface area contributed by atoms with Crippen LogP contribution in [0, 0.1) is 11.7 Å². The van der Waals surface area contributed by atoms with Gasteiger partial charge in [0.2, 0.25) is 0 Å². The second-order valence-electron chi connectivity index (χ2n) is 8.65. The molecule has 2 saturated heterocycles. The van der Waals surface area contributed by atoms with Crippen LogP contribution < -0.4 is 0 Å². The molecule has 2 unspecified atom stereocenters. The van der Waals surface area contributed by atoms with E-state index in [0.29, 0.717) is 31.6 Å². The lowest BCUT2D eigenvalue weighted by atomic mass is 9.93. The van der Waals surface area contributed by atoms with Crippen molar-refractivity contribution < 1.29 is 19.1 Å². The van der Waals surface area contributed by atoms with Crippen LogP contribution in [0.15, 0.2) is 35.9 Å². The van der Waals surface area contributed by atoms with E-state index in [4.69, 9.17) is 12.6 Å². The molecule has 32 heavy (non-hydrogen) atoms. The second kappa shape index (κ2) is 11.8. The van der Waals surface area contributed by atoms with Gasteiger partial charge >= 0.3 is 5.97 Å². The molecule has 2 aliphatic heterocycles. The largest absolute Gasteiger partial charge is 0.480 e. The van der Waals surface area contributed by atoms with Crippen molar-refractivity contribution in [2.45, 2.75) is 49.4 Å². The fraction of sp³-hybridized carbons (Fsp3) is 0.565. The van der Waals surface area contributed by atoms with Crippen LogP contribution in [0.4, 0.5) is 4.39 Å². The van der Waals surface area contributed by atoms with Crippen molar-refractivity contribution in [2.24, 2.45) is 5.92 Å². The molecule has 0 radical (unpaired) electrons. The van der Waals surface area contributed by atoms with Crippen molar-refractivity contribution in [3.63, 3.8) is 0 Å².